The third kappa shape index (κ3) is 2.69. The lowest BCUT2D eigenvalue weighted by molar-refractivity contribution is 0.0902. The van der Waals surface area contributed by atoms with Gasteiger partial charge in [0.05, 0.1) is 24.3 Å². The van der Waals surface area contributed by atoms with Crippen molar-refractivity contribution in [3.8, 4) is 0 Å². The van der Waals surface area contributed by atoms with Gasteiger partial charge in [-0.2, -0.15) is 0 Å². The highest BCUT2D eigenvalue weighted by atomic mass is 19.1. The standard InChI is InChI=1S/C19H25FN2/c1-3-8-16-15(4-2)18-13-21-14-22(18)17(16)9-12-19(20)10-6-5-7-11-19/h3-4,8,13-14,17H,2,5-7,9-12H2,1H3/b8-3-. The Hall–Kier alpha value is -1.64. The molecule has 1 aromatic heterocycles. The monoisotopic (exact) mass is 300 g/mol. The van der Waals surface area contributed by atoms with E-state index in [-0.39, 0.29) is 6.04 Å². The molecule has 0 aromatic carbocycles. The lowest BCUT2D eigenvalue weighted by Gasteiger charge is -2.31. The van der Waals surface area contributed by atoms with Gasteiger partial charge in [-0.3, -0.25) is 0 Å². The van der Waals surface area contributed by atoms with E-state index in [1.54, 1.807) is 0 Å². The summed E-state index contributed by atoms with van der Waals surface area (Å²) in [5, 5.41) is 0. The number of halogens is 1. The fourth-order valence-electron chi connectivity index (χ4n) is 3.97. The fourth-order valence-corrected chi connectivity index (χ4v) is 3.97. The molecule has 1 aliphatic heterocycles. The summed E-state index contributed by atoms with van der Waals surface area (Å²) in [6.07, 6.45) is 16.0. The molecule has 0 radical (unpaired) electrons. The van der Waals surface area contributed by atoms with Gasteiger partial charge in [0.2, 0.25) is 0 Å². The third-order valence-corrected chi connectivity index (χ3v) is 5.11. The second-order valence-electron chi connectivity index (χ2n) is 6.53. The molecule has 1 aromatic rings. The second-order valence-corrected chi connectivity index (χ2v) is 6.53. The van der Waals surface area contributed by atoms with E-state index in [2.05, 4.69) is 28.3 Å². The van der Waals surface area contributed by atoms with Crippen molar-refractivity contribution in [3.05, 3.63) is 48.6 Å². The molecule has 2 aliphatic rings. The van der Waals surface area contributed by atoms with Crippen LogP contribution in [0.2, 0.25) is 0 Å². The van der Waals surface area contributed by atoms with Crippen LogP contribution in [0.5, 0.6) is 0 Å². The first-order valence-corrected chi connectivity index (χ1v) is 8.39. The summed E-state index contributed by atoms with van der Waals surface area (Å²) in [6.45, 7) is 5.97. The fraction of sp³-hybridized carbons (Fsp3) is 0.526. The maximum Gasteiger partial charge on any atom is 0.111 e. The molecule has 1 saturated carbocycles. The van der Waals surface area contributed by atoms with E-state index in [4.69, 9.17) is 0 Å². The van der Waals surface area contributed by atoms with E-state index in [1.165, 1.54) is 12.0 Å². The summed E-state index contributed by atoms with van der Waals surface area (Å²) >= 11 is 0. The number of rotatable bonds is 5. The Bertz CT molecular complexity index is 603. The molecule has 3 rings (SSSR count). The molecule has 1 unspecified atom stereocenters. The summed E-state index contributed by atoms with van der Waals surface area (Å²) in [5.41, 5.74) is 2.52. The van der Waals surface area contributed by atoms with Crippen LogP contribution < -0.4 is 0 Å². The molecular formula is C19H25FN2. The van der Waals surface area contributed by atoms with Crippen LogP contribution in [0.4, 0.5) is 4.39 Å². The number of imidazole rings is 1. The van der Waals surface area contributed by atoms with Gasteiger partial charge in [0.1, 0.15) is 5.67 Å². The molecule has 2 nitrogen and oxygen atoms in total. The van der Waals surface area contributed by atoms with Crippen molar-refractivity contribution in [3.63, 3.8) is 0 Å². The normalized spacial score (nSPS) is 24.0. The maximum absolute atomic E-state index is 14.9. The first-order valence-electron chi connectivity index (χ1n) is 8.39. The van der Waals surface area contributed by atoms with Crippen LogP contribution in [0.25, 0.3) is 5.57 Å². The Morgan fingerprint density at radius 2 is 2.18 bits per heavy atom. The molecule has 118 valence electrons. The Labute approximate surface area is 132 Å². The predicted octanol–water partition coefficient (Wildman–Crippen LogP) is 5.41. The van der Waals surface area contributed by atoms with Gasteiger partial charge >= 0.3 is 0 Å². The van der Waals surface area contributed by atoms with Gasteiger partial charge in [-0.25, -0.2) is 9.37 Å². The van der Waals surface area contributed by atoms with Crippen molar-refractivity contribution in [1.29, 1.82) is 0 Å². The molecule has 0 spiro atoms. The summed E-state index contributed by atoms with van der Waals surface area (Å²) in [6, 6.07) is 0.191. The summed E-state index contributed by atoms with van der Waals surface area (Å²) in [5.74, 6) is 0. The molecule has 2 heterocycles. The van der Waals surface area contributed by atoms with Crippen LogP contribution >= 0.6 is 0 Å². The highest BCUT2D eigenvalue weighted by Crippen LogP contribution is 2.43. The average molecular weight is 300 g/mol. The number of hydrogen-bond acceptors (Lipinski definition) is 1. The Kier molecular flexibility index (Phi) is 4.32. The number of fused-ring (bicyclic) bond motifs is 1. The van der Waals surface area contributed by atoms with Crippen LogP contribution in [0.3, 0.4) is 0 Å². The first kappa shape index (κ1) is 15.3. The first-order chi connectivity index (χ1) is 10.7. The largest absolute Gasteiger partial charge is 0.323 e. The van der Waals surface area contributed by atoms with Gasteiger partial charge < -0.3 is 4.57 Å². The lowest BCUT2D eigenvalue weighted by Crippen LogP contribution is -2.27. The summed E-state index contributed by atoms with van der Waals surface area (Å²) in [7, 11) is 0. The third-order valence-electron chi connectivity index (χ3n) is 5.11. The predicted molar refractivity (Wildman–Crippen MR) is 89.4 cm³/mol. The van der Waals surface area contributed by atoms with E-state index in [9.17, 15) is 4.39 Å². The van der Waals surface area contributed by atoms with Crippen molar-refractivity contribution >= 4 is 5.57 Å². The minimum atomic E-state index is -0.961. The van der Waals surface area contributed by atoms with Crippen molar-refractivity contribution in [2.45, 2.75) is 63.6 Å². The zero-order valence-electron chi connectivity index (χ0n) is 13.4. The van der Waals surface area contributed by atoms with Gasteiger partial charge in [0.15, 0.2) is 0 Å². The van der Waals surface area contributed by atoms with Crippen LogP contribution in [-0.2, 0) is 0 Å². The van der Waals surface area contributed by atoms with Crippen LogP contribution in [-0.4, -0.2) is 15.2 Å². The Morgan fingerprint density at radius 1 is 1.41 bits per heavy atom. The molecule has 3 heteroatoms. The number of alkyl halides is 1. The Morgan fingerprint density at radius 3 is 2.86 bits per heavy atom. The average Bonchev–Trinajstić information content (AvgIpc) is 3.07. The minimum absolute atomic E-state index is 0.191. The van der Waals surface area contributed by atoms with Gasteiger partial charge in [-0.1, -0.05) is 44.1 Å². The van der Waals surface area contributed by atoms with E-state index >= 15 is 0 Å². The highest BCUT2D eigenvalue weighted by molar-refractivity contribution is 5.79. The van der Waals surface area contributed by atoms with Crippen molar-refractivity contribution in [1.82, 2.24) is 9.55 Å². The summed E-state index contributed by atoms with van der Waals surface area (Å²) < 4.78 is 17.1. The zero-order valence-corrected chi connectivity index (χ0v) is 13.4. The number of hydrogen-bond donors (Lipinski definition) is 0. The number of allylic oxidation sites excluding steroid dienone is 5. The molecule has 0 amide bonds. The Balaban J connectivity index is 1.82. The molecule has 0 saturated heterocycles. The SMILES string of the molecule is C=CC1=C(/C=C\C)C(CCC2(F)CCCCC2)n2cncc21. The summed E-state index contributed by atoms with van der Waals surface area (Å²) in [4.78, 5) is 4.26. The van der Waals surface area contributed by atoms with Crippen LogP contribution in [0.15, 0.2) is 42.9 Å². The van der Waals surface area contributed by atoms with Crippen molar-refractivity contribution < 1.29 is 4.39 Å². The van der Waals surface area contributed by atoms with Crippen molar-refractivity contribution in [2.24, 2.45) is 0 Å². The molecule has 22 heavy (non-hydrogen) atoms. The topological polar surface area (TPSA) is 17.8 Å². The maximum atomic E-state index is 14.9. The molecule has 0 bridgehead atoms. The van der Waals surface area contributed by atoms with Gasteiger partial charge in [0, 0.05) is 5.57 Å². The van der Waals surface area contributed by atoms with E-state index < -0.39 is 5.67 Å². The smallest absolute Gasteiger partial charge is 0.111 e. The van der Waals surface area contributed by atoms with Gasteiger partial charge in [-0.15, -0.1) is 0 Å². The van der Waals surface area contributed by atoms with Crippen LogP contribution in [0, 0.1) is 0 Å². The van der Waals surface area contributed by atoms with Gasteiger partial charge in [-0.05, 0) is 38.2 Å². The number of aromatic nitrogens is 2. The van der Waals surface area contributed by atoms with E-state index in [1.807, 2.05) is 25.5 Å². The molecule has 1 fully saturated rings. The molecule has 0 N–H and O–H groups in total. The van der Waals surface area contributed by atoms with Gasteiger partial charge in [0.25, 0.3) is 0 Å². The molecule has 1 aliphatic carbocycles. The van der Waals surface area contributed by atoms with Crippen molar-refractivity contribution in [2.75, 3.05) is 0 Å². The highest BCUT2D eigenvalue weighted by Gasteiger charge is 2.35. The quantitative estimate of drug-likeness (QED) is 0.711. The molecular weight excluding hydrogens is 275 g/mol. The van der Waals surface area contributed by atoms with Crippen LogP contribution in [0.1, 0.15) is 63.6 Å². The zero-order chi connectivity index (χ0) is 15.6. The van der Waals surface area contributed by atoms with E-state index in [0.717, 1.165) is 43.4 Å². The van der Waals surface area contributed by atoms with E-state index in [0.29, 0.717) is 6.42 Å². The number of nitrogens with zero attached hydrogens (tertiary/aromatic N) is 2. The molecule has 1 atom stereocenters. The second kappa shape index (κ2) is 6.23. The lowest BCUT2D eigenvalue weighted by atomic mass is 9.81. The minimum Gasteiger partial charge on any atom is -0.323 e.